The number of hydrogen-bond acceptors (Lipinski definition) is 5. The molecular weight excluding hydrogens is 258 g/mol. The lowest BCUT2D eigenvalue weighted by Crippen LogP contribution is -2.41. The van der Waals surface area contributed by atoms with E-state index in [0.29, 0.717) is 12.4 Å². The van der Waals surface area contributed by atoms with Gasteiger partial charge in [-0.2, -0.15) is 0 Å². The van der Waals surface area contributed by atoms with Crippen molar-refractivity contribution in [3.63, 3.8) is 0 Å². The Bertz CT molecular complexity index is 548. The molecule has 2 rings (SSSR count). The molecule has 0 spiro atoms. The van der Waals surface area contributed by atoms with Crippen LogP contribution in [-0.4, -0.2) is 28.6 Å². The smallest absolute Gasteiger partial charge is 0.243 e. The Labute approximate surface area is 117 Å². The van der Waals surface area contributed by atoms with Gasteiger partial charge in [0, 0.05) is 6.07 Å². The standard InChI is InChI=1S/C14H19N3O3/c1-4-17(9-12-6-5-7-19-12)11(3)14(18)15-13-8-10(2)16-20-13/h5-8,11H,4,9H2,1-3H3,(H,15,18)/t11-/m0/s1. The Kier molecular flexibility index (Phi) is 4.57. The minimum atomic E-state index is -0.296. The van der Waals surface area contributed by atoms with Gasteiger partial charge in [0.1, 0.15) is 5.76 Å². The second-order valence-corrected chi connectivity index (χ2v) is 4.64. The van der Waals surface area contributed by atoms with Crippen molar-refractivity contribution in [2.24, 2.45) is 0 Å². The summed E-state index contributed by atoms with van der Waals surface area (Å²) in [6, 6.07) is 5.13. The largest absolute Gasteiger partial charge is 0.468 e. The van der Waals surface area contributed by atoms with Crippen LogP contribution in [0.3, 0.4) is 0 Å². The van der Waals surface area contributed by atoms with Crippen LogP contribution < -0.4 is 5.32 Å². The van der Waals surface area contributed by atoms with Gasteiger partial charge < -0.3 is 8.94 Å². The highest BCUT2D eigenvalue weighted by Gasteiger charge is 2.22. The average molecular weight is 277 g/mol. The number of anilines is 1. The zero-order chi connectivity index (χ0) is 14.5. The Morgan fingerprint density at radius 1 is 1.55 bits per heavy atom. The Balaban J connectivity index is 1.96. The van der Waals surface area contributed by atoms with Crippen LogP contribution in [0.1, 0.15) is 25.3 Å². The molecule has 0 aliphatic carbocycles. The fraction of sp³-hybridized carbons (Fsp3) is 0.429. The normalized spacial score (nSPS) is 12.6. The minimum Gasteiger partial charge on any atom is -0.468 e. The van der Waals surface area contributed by atoms with Crippen LogP contribution in [-0.2, 0) is 11.3 Å². The third-order valence-electron chi connectivity index (χ3n) is 3.15. The molecule has 0 fully saturated rings. The number of likely N-dealkylation sites (N-methyl/N-ethyl adjacent to an activating group) is 1. The van der Waals surface area contributed by atoms with Crippen LogP contribution in [0.25, 0.3) is 0 Å². The van der Waals surface area contributed by atoms with E-state index in [0.717, 1.165) is 18.0 Å². The molecule has 6 heteroatoms. The summed E-state index contributed by atoms with van der Waals surface area (Å²) in [6.45, 7) is 6.99. The number of carbonyl (C=O) groups is 1. The number of nitrogens with one attached hydrogen (secondary N) is 1. The summed E-state index contributed by atoms with van der Waals surface area (Å²) >= 11 is 0. The number of carbonyl (C=O) groups excluding carboxylic acids is 1. The van der Waals surface area contributed by atoms with E-state index < -0.39 is 0 Å². The molecule has 2 heterocycles. The number of aryl methyl sites for hydroxylation is 1. The summed E-state index contributed by atoms with van der Waals surface area (Å²) in [5.41, 5.74) is 0.732. The first-order valence-electron chi connectivity index (χ1n) is 6.60. The van der Waals surface area contributed by atoms with Gasteiger partial charge in [-0.25, -0.2) is 0 Å². The monoisotopic (exact) mass is 277 g/mol. The number of amides is 1. The van der Waals surface area contributed by atoms with Crippen molar-refractivity contribution in [3.05, 3.63) is 35.9 Å². The SMILES string of the molecule is CCN(Cc1ccco1)[C@@H](C)C(=O)Nc1cc(C)no1. The van der Waals surface area contributed by atoms with E-state index in [9.17, 15) is 4.79 Å². The fourth-order valence-electron chi connectivity index (χ4n) is 1.94. The van der Waals surface area contributed by atoms with E-state index in [4.69, 9.17) is 8.94 Å². The lowest BCUT2D eigenvalue weighted by Gasteiger charge is -2.25. The van der Waals surface area contributed by atoms with Crippen molar-refractivity contribution in [2.45, 2.75) is 33.4 Å². The fourth-order valence-corrected chi connectivity index (χ4v) is 1.94. The molecule has 0 bridgehead atoms. The van der Waals surface area contributed by atoms with Crippen molar-refractivity contribution in [2.75, 3.05) is 11.9 Å². The Morgan fingerprint density at radius 3 is 2.90 bits per heavy atom. The van der Waals surface area contributed by atoms with Gasteiger partial charge in [0.15, 0.2) is 0 Å². The molecule has 2 aromatic heterocycles. The predicted molar refractivity (Wildman–Crippen MR) is 74.1 cm³/mol. The highest BCUT2D eigenvalue weighted by Crippen LogP contribution is 2.12. The summed E-state index contributed by atoms with van der Waals surface area (Å²) in [5.74, 6) is 1.07. The molecule has 0 aliphatic heterocycles. The molecule has 0 saturated carbocycles. The quantitative estimate of drug-likeness (QED) is 0.878. The Morgan fingerprint density at radius 2 is 2.35 bits per heavy atom. The third-order valence-corrected chi connectivity index (χ3v) is 3.15. The van der Waals surface area contributed by atoms with E-state index >= 15 is 0 Å². The number of aromatic nitrogens is 1. The van der Waals surface area contributed by atoms with Crippen LogP contribution >= 0.6 is 0 Å². The second kappa shape index (κ2) is 6.38. The zero-order valence-electron chi connectivity index (χ0n) is 11.9. The van der Waals surface area contributed by atoms with Crippen LogP contribution in [0.4, 0.5) is 5.88 Å². The van der Waals surface area contributed by atoms with E-state index in [1.54, 1.807) is 19.3 Å². The molecule has 1 amide bonds. The molecule has 0 aromatic carbocycles. The van der Waals surface area contributed by atoms with Gasteiger partial charge in [0.05, 0.1) is 24.5 Å². The summed E-state index contributed by atoms with van der Waals surface area (Å²) in [5, 5.41) is 6.45. The van der Waals surface area contributed by atoms with Crippen molar-refractivity contribution < 1.29 is 13.7 Å². The summed E-state index contributed by atoms with van der Waals surface area (Å²) in [6.07, 6.45) is 1.63. The predicted octanol–water partition coefficient (Wildman–Crippen LogP) is 2.43. The lowest BCUT2D eigenvalue weighted by atomic mass is 10.2. The topological polar surface area (TPSA) is 71.5 Å². The number of nitrogens with zero attached hydrogens (tertiary/aromatic N) is 2. The Hall–Kier alpha value is -2.08. The maximum Gasteiger partial charge on any atom is 0.243 e. The van der Waals surface area contributed by atoms with Crippen LogP contribution in [0.2, 0.25) is 0 Å². The highest BCUT2D eigenvalue weighted by molar-refractivity contribution is 5.93. The van der Waals surface area contributed by atoms with Gasteiger partial charge in [-0.1, -0.05) is 12.1 Å². The summed E-state index contributed by atoms with van der Waals surface area (Å²) in [4.78, 5) is 14.2. The molecule has 20 heavy (non-hydrogen) atoms. The maximum atomic E-state index is 12.2. The number of rotatable bonds is 6. The van der Waals surface area contributed by atoms with Crippen molar-refractivity contribution in [1.82, 2.24) is 10.1 Å². The van der Waals surface area contributed by atoms with Crippen molar-refractivity contribution in [3.8, 4) is 0 Å². The average Bonchev–Trinajstić information content (AvgIpc) is 3.07. The molecule has 2 aromatic rings. The van der Waals surface area contributed by atoms with E-state index in [-0.39, 0.29) is 11.9 Å². The van der Waals surface area contributed by atoms with Gasteiger partial charge >= 0.3 is 0 Å². The minimum absolute atomic E-state index is 0.130. The molecule has 1 atom stereocenters. The van der Waals surface area contributed by atoms with Crippen molar-refractivity contribution >= 4 is 11.8 Å². The first kappa shape index (κ1) is 14.3. The first-order chi connectivity index (χ1) is 9.60. The molecule has 0 aliphatic rings. The van der Waals surface area contributed by atoms with Gasteiger partial charge in [-0.3, -0.25) is 15.0 Å². The third kappa shape index (κ3) is 3.48. The van der Waals surface area contributed by atoms with Crippen LogP contribution in [0.5, 0.6) is 0 Å². The molecule has 0 saturated heterocycles. The first-order valence-corrected chi connectivity index (χ1v) is 6.60. The summed E-state index contributed by atoms with van der Waals surface area (Å²) in [7, 11) is 0. The molecule has 108 valence electrons. The van der Waals surface area contributed by atoms with E-state index in [1.165, 1.54) is 0 Å². The highest BCUT2D eigenvalue weighted by atomic mass is 16.5. The summed E-state index contributed by atoms with van der Waals surface area (Å²) < 4.78 is 10.3. The van der Waals surface area contributed by atoms with Crippen LogP contribution in [0, 0.1) is 6.92 Å². The number of furan rings is 1. The molecule has 1 N–H and O–H groups in total. The van der Waals surface area contributed by atoms with E-state index in [1.807, 2.05) is 30.9 Å². The zero-order valence-corrected chi connectivity index (χ0v) is 11.9. The molecule has 0 unspecified atom stereocenters. The van der Waals surface area contributed by atoms with Gasteiger partial charge in [-0.15, -0.1) is 0 Å². The van der Waals surface area contributed by atoms with Gasteiger partial charge in [-0.05, 0) is 32.5 Å². The van der Waals surface area contributed by atoms with Crippen LogP contribution in [0.15, 0.2) is 33.4 Å². The molecule has 6 nitrogen and oxygen atoms in total. The second-order valence-electron chi connectivity index (χ2n) is 4.64. The number of hydrogen-bond donors (Lipinski definition) is 1. The van der Waals surface area contributed by atoms with Crippen molar-refractivity contribution in [1.29, 1.82) is 0 Å². The molecule has 0 radical (unpaired) electrons. The van der Waals surface area contributed by atoms with Gasteiger partial charge in [0.2, 0.25) is 11.8 Å². The van der Waals surface area contributed by atoms with E-state index in [2.05, 4.69) is 10.5 Å². The maximum absolute atomic E-state index is 12.2. The molecular formula is C14H19N3O3. The van der Waals surface area contributed by atoms with Gasteiger partial charge in [0.25, 0.3) is 0 Å². The lowest BCUT2D eigenvalue weighted by molar-refractivity contribution is -0.121.